The first-order valence-corrected chi connectivity index (χ1v) is 18.3. The molecule has 5 heteroatoms. The highest BCUT2D eigenvalue weighted by Gasteiger charge is 2.21. The zero-order valence-electron chi connectivity index (χ0n) is 29.5. The van der Waals surface area contributed by atoms with E-state index in [9.17, 15) is 10.5 Å². The average molecular weight is 700 g/mol. The van der Waals surface area contributed by atoms with Crippen LogP contribution >= 0.6 is 0 Å². The van der Waals surface area contributed by atoms with Crippen LogP contribution in [-0.4, -0.2) is 13.7 Å². The molecule has 0 aliphatic carbocycles. The lowest BCUT2D eigenvalue weighted by Gasteiger charge is -2.17. The first-order valence-electron chi connectivity index (χ1n) is 18.3. The Balaban J connectivity index is 1.14. The van der Waals surface area contributed by atoms with Gasteiger partial charge in [-0.05, 0) is 78.4 Å². The number of fused-ring (bicyclic) bond motifs is 9. The lowest BCUT2D eigenvalue weighted by molar-refractivity contribution is 1.15. The van der Waals surface area contributed by atoms with Gasteiger partial charge < -0.3 is 13.7 Å². The van der Waals surface area contributed by atoms with E-state index >= 15 is 0 Å². The molecule has 0 amide bonds. The molecular weight excluding hydrogens is 671 g/mol. The van der Waals surface area contributed by atoms with Gasteiger partial charge in [-0.2, -0.15) is 10.5 Å². The van der Waals surface area contributed by atoms with Crippen molar-refractivity contribution in [2.24, 2.45) is 0 Å². The molecule has 11 aromatic rings. The smallest absolute Gasteiger partial charge is 0.0998 e. The molecule has 0 N–H and O–H groups in total. The second-order valence-electron chi connectivity index (χ2n) is 13.9. The highest BCUT2D eigenvalue weighted by Crippen LogP contribution is 2.41. The van der Waals surface area contributed by atoms with Gasteiger partial charge in [0.1, 0.15) is 0 Å². The Morgan fingerprint density at radius 1 is 0.345 bits per heavy atom. The first-order chi connectivity index (χ1) is 27.2. The number of benzene rings is 8. The molecule has 0 aliphatic rings. The molecule has 254 valence electrons. The second kappa shape index (κ2) is 11.8. The minimum absolute atomic E-state index is 0.602. The molecule has 0 radical (unpaired) electrons. The maximum absolute atomic E-state index is 10.6. The molecule has 11 rings (SSSR count). The summed E-state index contributed by atoms with van der Waals surface area (Å²) >= 11 is 0. The topological polar surface area (TPSA) is 62.4 Å². The minimum Gasteiger partial charge on any atom is -0.309 e. The van der Waals surface area contributed by atoms with E-state index < -0.39 is 0 Å². The average Bonchev–Trinajstić information content (AvgIpc) is 3.89. The highest BCUT2D eigenvalue weighted by molar-refractivity contribution is 6.13. The molecule has 8 aromatic carbocycles. The number of aromatic nitrogens is 3. The molecule has 0 fully saturated rings. The normalized spacial score (nSPS) is 11.6. The fraction of sp³-hybridized carbons (Fsp3) is 0. The van der Waals surface area contributed by atoms with Crippen LogP contribution < -0.4 is 0 Å². The summed E-state index contributed by atoms with van der Waals surface area (Å²) in [5, 5.41) is 27.3. The Labute approximate surface area is 316 Å². The fourth-order valence-electron chi connectivity index (χ4n) is 8.85. The Morgan fingerprint density at radius 3 is 1.45 bits per heavy atom. The van der Waals surface area contributed by atoms with Crippen LogP contribution in [0.2, 0.25) is 0 Å². The van der Waals surface area contributed by atoms with E-state index in [-0.39, 0.29) is 0 Å². The van der Waals surface area contributed by atoms with Gasteiger partial charge in [0.25, 0.3) is 0 Å². The standard InChI is InChI=1S/C50H29N5/c51-30-33-11-9-21-46(49(33)32-23-25-35(26-24-32)53-45-20-8-4-16-41(45)50-34(31-52)12-10-22-47(50)53)55-44-19-7-3-15-39(44)40-28-27-36(29-48(40)55)54-42-17-5-1-13-37(42)38-14-2-6-18-43(38)54/h1-29H. The summed E-state index contributed by atoms with van der Waals surface area (Å²) in [6, 6.07) is 65.9. The van der Waals surface area contributed by atoms with Crippen molar-refractivity contribution in [3.05, 3.63) is 187 Å². The van der Waals surface area contributed by atoms with E-state index in [0.717, 1.165) is 82.8 Å². The Kier molecular flexibility index (Phi) is 6.61. The quantitative estimate of drug-likeness (QED) is 0.184. The van der Waals surface area contributed by atoms with Crippen LogP contribution in [0.1, 0.15) is 11.1 Å². The third-order valence-electron chi connectivity index (χ3n) is 11.1. The second-order valence-corrected chi connectivity index (χ2v) is 13.9. The van der Waals surface area contributed by atoms with Crippen LogP contribution in [-0.2, 0) is 0 Å². The van der Waals surface area contributed by atoms with Gasteiger partial charge in [-0.1, -0.05) is 103 Å². The lowest BCUT2D eigenvalue weighted by Crippen LogP contribution is -2.01. The number of rotatable bonds is 4. The molecule has 0 bridgehead atoms. The summed E-state index contributed by atoms with van der Waals surface area (Å²) in [5.74, 6) is 0. The molecule has 3 heterocycles. The Bertz CT molecular complexity index is 3400. The zero-order chi connectivity index (χ0) is 36.6. The Morgan fingerprint density at radius 2 is 0.818 bits per heavy atom. The van der Waals surface area contributed by atoms with Gasteiger partial charge in [-0.15, -0.1) is 0 Å². The molecule has 5 nitrogen and oxygen atoms in total. The van der Waals surface area contributed by atoms with E-state index in [1.54, 1.807) is 0 Å². The van der Waals surface area contributed by atoms with Crippen LogP contribution in [0.25, 0.3) is 93.6 Å². The molecule has 0 spiro atoms. The van der Waals surface area contributed by atoms with Crippen molar-refractivity contribution in [3.63, 3.8) is 0 Å². The van der Waals surface area contributed by atoms with Gasteiger partial charge in [0.2, 0.25) is 0 Å². The van der Waals surface area contributed by atoms with Gasteiger partial charge in [-0.25, -0.2) is 0 Å². The minimum atomic E-state index is 0.602. The molecule has 0 atom stereocenters. The number of nitrogens with zero attached hydrogens (tertiary/aromatic N) is 5. The van der Waals surface area contributed by atoms with Crippen molar-refractivity contribution in [2.45, 2.75) is 0 Å². The molecule has 0 aliphatic heterocycles. The van der Waals surface area contributed by atoms with Crippen LogP contribution in [0.5, 0.6) is 0 Å². The molecule has 0 unspecified atom stereocenters. The van der Waals surface area contributed by atoms with Crippen molar-refractivity contribution in [2.75, 3.05) is 0 Å². The van der Waals surface area contributed by atoms with Crippen molar-refractivity contribution in [1.82, 2.24) is 13.7 Å². The summed E-state index contributed by atoms with van der Waals surface area (Å²) < 4.78 is 6.89. The summed E-state index contributed by atoms with van der Waals surface area (Å²) in [6.07, 6.45) is 0. The van der Waals surface area contributed by atoms with Crippen LogP contribution in [0.4, 0.5) is 0 Å². The highest BCUT2D eigenvalue weighted by atomic mass is 15.0. The number of nitriles is 2. The summed E-state index contributed by atoms with van der Waals surface area (Å²) in [6.45, 7) is 0. The van der Waals surface area contributed by atoms with E-state index in [2.05, 4.69) is 165 Å². The third-order valence-corrected chi connectivity index (χ3v) is 11.1. The van der Waals surface area contributed by atoms with Gasteiger partial charge in [0, 0.05) is 49.3 Å². The maximum atomic E-state index is 10.6. The number of hydrogen-bond acceptors (Lipinski definition) is 2. The number of para-hydroxylation sites is 4. The van der Waals surface area contributed by atoms with Crippen molar-refractivity contribution < 1.29 is 0 Å². The third kappa shape index (κ3) is 4.39. The number of hydrogen-bond donors (Lipinski definition) is 0. The van der Waals surface area contributed by atoms with E-state index in [1.807, 2.05) is 36.4 Å². The fourth-order valence-corrected chi connectivity index (χ4v) is 8.85. The van der Waals surface area contributed by atoms with Gasteiger partial charge >= 0.3 is 0 Å². The molecule has 55 heavy (non-hydrogen) atoms. The maximum Gasteiger partial charge on any atom is 0.0998 e. The van der Waals surface area contributed by atoms with E-state index in [4.69, 9.17) is 0 Å². The predicted octanol–water partition coefficient (Wildman–Crippen LogP) is 12.4. The van der Waals surface area contributed by atoms with Crippen LogP contribution in [0.3, 0.4) is 0 Å². The van der Waals surface area contributed by atoms with E-state index in [1.165, 1.54) is 10.8 Å². The molecular formula is C50H29N5. The van der Waals surface area contributed by atoms with Crippen LogP contribution in [0, 0.1) is 22.7 Å². The van der Waals surface area contributed by atoms with Crippen LogP contribution in [0.15, 0.2) is 176 Å². The molecule has 0 saturated carbocycles. The van der Waals surface area contributed by atoms with Crippen molar-refractivity contribution in [1.29, 1.82) is 10.5 Å². The molecule has 3 aromatic heterocycles. The lowest BCUT2D eigenvalue weighted by atomic mass is 9.97. The zero-order valence-corrected chi connectivity index (χ0v) is 29.5. The largest absolute Gasteiger partial charge is 0.309 e. The van der Waals surface area contributed by atoms with Crippen molar-refractivity contribution >= 4 is 65.4 Å². The van der Waals surface area contributed by atoms with Gasteiger partial charge in [-0.3, -0.25) is 0 Å². The first kappa shape index (κ1) is 30.7. The predicted molar refractivity (Wildman–Crippen MR) is 224 cm³/mol. The van der Waals surface area contributed by atoms with E-state index in [0.29, 0.717) is 11.1 Å². The van der Waals surface area contributed by atoms with Gasteiger partial charge in [0.15, 0.2) is 0 Å². The van der Waals surface area contributed by atoms with Gasteiger partial charge in [0.05, 0.1) is 62.1 Å². The summed E-state index contributed by atoms with van der Waals surface area (Å²) in [4.78, 5) is 0. The monoisotopic (exact) mass is 699 g/mol. The summed E-state index contributed by atoms with van der Waals surface area (Å²) in [5.41, 5.74) is 12.5. The molecule has 0 saturated heterocycles. The SMILES string of the molecule is N#Cc1cccc(-n2c3ccccc3c3ccc(-n4c5ccccc5c5ccccc54)cc32)c1-c1ccc(-n2c3ccccc3c3c(C#N)cccc32)cc1. The van der Waals surface area contributed by atoms with Crippen molar-refractivity contribution in [3.8, 4) is 40.3 Å². The summed E-state index contributed by atoms with van der Waals surface area (Å²) in [7, 11) is 0. The Hall–Kier alpha value is -7.86.